The second kappa shape index (κ2) is 6.46. The number of methoxy groups -OCH3 is 1. The minimum atomic E-state index is -0.449. The summed E-state index contributed by atoms with van der Waals surface area (Å²) >= 11 is 0. The molecule has 0 aliphatic carbocycles. The molecule has 2 aromatic carbocycles. The fourth-order valence-electron chi connectivity index (χ4n) is 3.92. The molecule has 1 fully saturated rings. The zero-order chi connectivity index (χ0) is 18.1. The lowest BCUT2D eigenvalue weighted by molar-refractivity contribution is -0.136. The highest BCUT2D eigenvalue weighted by molar-refractivity contribution is 5.90. The molecule has 2 unspecified atom stereocenters. The Bertz CT molecular complexity index is 841. The van der Waals surface area contributed by atoms with Crippen LogP contribution in [0.1, 0.15) is 22.3 Å². The lowest BCUT2D eigenvalue weighted by Gasteiger charge is -2.29. The standard InChI is InChI=1S/C20H20N2O4/c1-25-18(23)13-6-8-14(9-7-13)26-19(24)17-20(10-11-21-12-20)15-4-2-3-5-16(15)22-17/h2-9,17,21-22H,10-12H2,1H3. The van der Waals surface area contributed by atoms with Crippen LogP contribution in [0.15, 0.2) is 48.5 Å². The van der Waals surface area contributed by atoms with E-state index in [0.717, 1.165) is 30.8 Å². The summed E-state index contributed by atoms with van der Waals surface area (Å²) in [5, 5.41) is 6.71. The first-order valence-corrected chi connectivity index (χ1v) is 8.61. The number of hydrogen-bond donors (Lipinski definition) is 2. The van der Waals surface area contributed by atoms with Gasteiger partial charge in [-0.3, -0.25) is 0 Å². The maximum Gasteiger partial charge on any atom is 0.337 e. The van der Waals surface area contributed by atoms with Gasteiger partial charge in [0.1, 0.15) is 11.8 Å². The summed E-state index contributed by atoms with van der Waals surface area (Å²) in [4.78, 5) is 24.4. The average Bonchev–Trinajstić information content (AvgIpc) is 3.28. The van der Waals surface area contributed by atoms with Crippen molar-refractivity contribution >= 4 is 17.6 Å². The van der Waals surface area contributed by atoms with Crippen LogP contribution in [0.5, 0.6) is 5.75 Å². The number of fused-ring (bicyclic) bond motifs is 2. The molecule has 6 nitrogen and oxygen atoms in total. The Labute approximate surface area is 151 Å². The Morgan fingerprint density at radius 2 is 1.88 bits per heavy atom. The lowest BCUT2D eigenvalue weighted by atomic mass is 9.76. The predicted octanol–water partition coefficient (Wildman–Crippen LogP) is 2.10. The Morgan fingerprint density at radius 3 is 2.58 bits per heavy atom. The summed E-state index contributed by atoms with van der Waals surface area (Å²) in [6, 6.07) is 14.0. The van der Waals surface area contributed by atoms with Crippen LogP contribution in [-0.4, -0.2) is 38.2 Å². The summed E-state index contributed by atoms with van der Waals surface area (Å²) in [7, 11) is 1.33. The third-order valence-electron chi connectivity index (χ3n) is 5.23. The molecule has 2 N–H and O–H groups in total. The van der Waals surface area contributed by atoms with E-state index >= 15 is 0 Å². The Balaban J connectivity index is 1.56. The first-order valence-electron chi connectivity index (χ1n) is 8.61. The molecule has 0 saturated carbocycles. The van der Waals surface area contributed by atoms with E-state index in [9.17, 15) is 9.59 Å². The smallest absolute Gasteiger partial charge is 0.337 e. The van der Waals surface area contributed by atoms with E-state index < -0.39 is 12.0 Å². The van der Waals surface area contributed by atoms with Crippen molar-refractivity contribution in [2.45, 2.75) is 17.9 Å². The molecule has 26 heavy (non-hydrogen) atoms. The number of esters is 2. The van der Waals surface area contributed by atoms with E-state index in [1.165, 1.54) is 7.11 Å². The summed E-state index contributed by atoms with van der Waals surface area (Å²) in [6.07, 6.45) is 0.873. The van der Waals surface area contributed by atoms with Crippen LogP contribution in [0.4, 0.5) is 5.69 Å². The van der Waals surface area contributed by atoms with E-state index in [1.807, 2.05) is 18.2 Å². The minimum Gasteiger partial charge on any atom is -0.465 e. The highest BCUT2D eigenvalue weighted by Crippen LogP contribution is 2.45. The Kier molecular flexibility index (Phi) is 4.12. The fourth-order valence-corrected chi connectivity index (χ4v) is 3.92. The summed E-state index contributed by atoms with van der Waals surface area (Å²) in [6.45, 7) is 1.60. The van der Waals surface area contributed by atoms with Gasteiger partial charge in [0.25, 0.3) is 0 Å². The van der Waals surface area contributed by atoms with E-state index in [4.69, 9.17) is 4.74 Å². The number of hydrogen-bond acceptors (Lipinski definition) is 6. The van der Waals surface area contributed by atoms with Crippen LogP contribution in [0.3, 0.4) is 0 Å². The van der Waals surface area contributed by atoms with E-state index in [1.54, 1.807) is 24.3 Å². The highest BCUT2D eigenvalue weighted by atomic mass is 16.5. The summed E-state index contributed by atoms with van der Waals surface area (Å²) in [5.74, 6) is -0.344. The number of ether oxygens (including phenoxy) is 2. The molecule has 2 aromatic rings. The number of rotatable bonds is 3. The molecule has 0 amide bonds. The quantitative estimate of drug-likeness (QED) is 0.651. The van der Waals surface area contributed by atoms with Gasteiger partial charge in [-0.05, 0) is 48.9 Å². The van der Waals surface area contributed by atoms with Crippen LogP contribution < -0.4 is 15.4 Å². The van der Waals surface area contributed by atoms with Gasteiger partial charge in [-0.1, -0.05) is 18.2 Å². The Morgan fingerprint density at radius 1 is 1.12 bits per heavy atom. The van der Waals surface area contributed by atoms with Crippen LogP contribution in [0.2, 0.25) is 0 Å². The van der Waals surface area contributed by atoms with Gasteiger partial charge in [0.05, 0.1) is 12.7 Å². The van der Waals surface area contributed by atoms with Crippen molar-refractivity contribution in [1.82, 2.24) is 5.32 Å². The lowest BCUT2D eigenvalue weighted by Crippen LogP contribution is -2.47. The summed E-state index contributed by atoms with van der Waals surface area (Å²) in [5.41, 5.74) is 2.27. The molecule has 0 aromatic heterocycles. The number of para-hydroxylation sites is 1. The first-order chi connectivity index (χ1) is 12.6. The molecule has 0 radical (unpaired) electrons. The molecule has 2 aliphatic rings. The molecular formula is C20H20N2O4. The van der Waals surface area contributed by atoms with Crippen molar-refractivity contribution in [2.75, 3.05) is 25.5 Å². The molecule has 134 valence electrons. The normalized spacial score (nSPS) is 23.3. The monoisotopic (exact) mass is 352 g/mol. The molecule has 2 atom stereocenters. The largest absolute Gasteiger partial charge is 0.465 e. The van der Waals surface area contributed by atoms with Crippen LogP contribution in [0.25, 0.3) is 0 Å². The SMILES string of the molecule is COC(=O)c1ccc(OC(=O)C2Nc3ccccc3C23CCNC3)cc1. The third-order valence-corrected chi connectivity index (χ3v) is 5.23. The van der Waals surface area contributed by atoms with Crippen molar-refractivity contribution in [3.05, 3.63) is 59.7 Å². The number of carbonyl (C=O) groups excluding carboxylic acids is 2. The number of nitrogens with one attached hydrogen (secondary N) is 2. The van der Waals surface area contributed by atoms with Gasteiger partial charge in [-0.15, -0.1) is 0 Å². The highest BCUT2D eigenvalue weighted by Gasteiger charge is 2.52. The zero-order valence-electron chi connectivity index (χ0n) is 14.5. The molecule has 1 saturated heterocycles. The van der Waals surface area contributed by atoms with E-state index in [-0.39, 0.29) is 11.4 Å². The number of benzene rings is 2. The number of anilines is 1. The van der Waals surface area contributed by atoms with Gasteiger partial charge >= 0.3 is 11.9 Å². The van der Waals surface area contributed by atoms with Crippen molar-refractivity contribution in [3.8, 4) is 5.75 Å². The minimum absolute atomic E-state index is 0.292. The first kappa shape index (κ1) is 16.6. The molecule has 2 heterocycles. The van der Waals surface area contributed by atoms with Crippen molar-refractivity contribution < 1.29 is 19.1 Å². The van der Waals surface area contributed by atoms with Gasteiger partial charge in [0.15, 0.2) is 0 Å². The molecular weight excluding hydrogens is 332 g/mol. The Hall–Kier alpha value is -2.86. The number of carbonyl (C=O) groups is 2. The van der Waals surface area contributed by atoms with Crippen LogP contribution in [0, 0.1) is 0 Å². The van der Waals surface area contributed by atoms with E-state index in [0.29, 0.717) is 11.3 Å². The van der Waals surface area contributed by atoms with Gasteiger partial charge in [-0.2, -0.15) is 0 Å². The van der Waals surface area contributed by atoms with Crippen molar-refractivity contribution in [3.63, 3.8) is 0 Å². The van der Waals surface area contributed by atoms with Gasteiger partial charge < -0.3 is 20.1 Å². The maximum absolute atomic E-state index is 12.9. The van der Waals surface area contributed by atoms with Crippen LogP contribution in [-0.2, 0) is 14.9 Å². The van der Waals surface area contributed by atoms with Crippen molar-refractivity contribution in [1.29, 1.82) is 0 Å². The average molecular weight is 352 g/mol. The van der Waals surface area contributed by atoms with Gasteiger partial charge in [0.2, 0.25) is 0 Å². The van der Waals surface area contributed by atoms with E-state index in [2.05, 4.69) is 21.4 Å². The molecule has 2 aliphatic heterocycles. The fraction of sp³-hybridized carbons (Fsp3) is 0.300. The zero-order valence-corrected chi connectivity index (χ0v) is 14.5. The summed E-state index contributed by atoms with van der Waals surface area (Å²) < 4.78 is 10.3. The van der Waals surface area contributed by atoms with Crippen molar-refractivity contribution in [2.24, 2.45) is 0 Å². The topological polar surface area (TPSA) is 76.7 Å². The third kappa shape index (κ3) is 2.63. The predicted molar refractivity (Wildman–Crippen MR) is 96.4 cm³/mol. The molecule has 6 heteroatoms. The van der Waals surface area contributed by atoms with Crippen LogP contribution >= 0.6 is 0 Å². The second-order valence-electron chi connectivity index (χ2n) is 6.64. The van der Waals surface area contributed by atoms with Gasteiger partial charge in [-0.25, -0.2) is 9.59 Å². The van der Waals surface area contributed by atoms with Gasteiger partial charge in [0, 0.05) is 17.6 Å². The maximum atomic E-state index is 12.9. The molecule has 4 rings (SSSR count). The molecule has 1 spiro atoms. The second-order valence-corrected chi connectivity index (χ2v) is 6.64. The molecule has 0 bridgehead atoms.